The highest BCUT2D eigenvalue weighted by atomic mass is 35.5. The maximum atomic E-state index is 13.0. The minimum atomic E-state index is -0.900. The van der Waals surface area contributed by atoms with E-state index in [1.165, 1.54) is 11.2 Å². The fraction of sp³-hybridized carbons (Fsp3) is 0.130. The van der Waals surface area contributed by atoms with E-state index in [0.717, 1.165) is 11.1 Å². The molecule has 1 aliphatic rings. The van der Waals surface area contributed by atoms with Crippen molar-refractivity contribution < 1.29 is 19.1 Å². The zero-order chi connectivity index (χ0) is 20.7. The second-order valence-electron chi connectivity index (χ2n) is 6.98. The van der Waals surface area contributed by atoms with Gasteiger partial charge in [0.2, 0.25) is 0 Å². The molecule has 1 fully saturated rings. The third kappa shape index (κ3) is 3.23. The molecule has 0 spiro atoms. The Hall–Kier alpha value is -3.31. The summed E-state index contributed by atoms with van der Waals surface area (Å²) in [5.41, 5.74) is 2.70. The average Bonchev–Trinajstić information content (AvgIpc) is 3.31. The number of carbonyl (C=O) groups is 2. The number of anilines is 1. The van der Waals surface area contributed by atoms with Gasteiger partial charge in [0, 0.05) is 16.3 Å². The SMILES string of the molecule is Cc1ccc(/C(O)=C2/C(=O)C(=O)N(c3cc(Cl)ccc3C)C2c2ccco2)cc1. The smallest absolute Gasteiger partial charge is 0.300 e. The van der Waals surface area contributed by atoms with E-state index < -0.39 is 17.7 Å². The van der Waals surface area contributed by atoms with Crippen molar-refractivity contribution in [2.75, 3.05) is 4.90 Å². The van der Waals surface area contributed by atoms with Crippen molar-refractivity contribution >= 4 is 34.7 Å². The Balaban J connectivity index is 1.95. The number of nitrogens with zero attached hydrogens (tertiary/aromatic N) is 1. The number of amides is 1. The van der Waals surface area contributed by atoms with Crippen LogP contribution < -0.4 is 4.90 Å². The van der Waals surface area contributed by atoms with Crippen molar-refractivity contribution in [3.63, 3.8) is 0 Å². The van der Waals surface area contributed by atoms with Crippen molar-refractivity contribution in [2.24, 2.45) is 0 Å². The summed E-state index contributed by atoms with van der Waals surface area (Å²) in [5.74, 6) is -1.39. The zero-order valence-corrected chi connectivity index (χ0v) is 16.6. The zero-order valence-electron chi connectivity index (χ0n) is 15.8. The van der Waals surface area contributed by atoms with Crippen molar-refractivity contribution in [2.45, 2.75) is 19.9 Å². The fourth-order valence-electron chi connectivity index (χ4n) is 3.51. The number of furan rings is 1. The Morgan fingerprint density at radius 2 is 1.79 bits per heavy atom. The second-order valence-corrected chi connectivity index (χ2v) is 7.42. The number of aliphatic hydroxyl groups excluding tert-OH is 1. The standard InChI is InChI=1S/C23H18ClNO4/c1-13-5-8-15(9-6-13)21(26)19-20(18-4-3-11-29-18)25(23(28)22(19)27)17-12-16(24)10-7-14(17)2/h3-12,20,26H,1-2H3/b21-19-. The number of Topliss-reactive ketones (excluding diaryl/α,β-unsaturated/α-hetero) is 1. The minimum Gasteiger partial charge on any atom is -0.507 e. The Bertz CT molecular complexity index is 1130. The van der Waals surface area contributed by atoms with Crippen LogP contribution in [-0.2, 0) is 9.59 Å². The molecule has 1 amide bonds. The van der Waals surface area contributed by atoms with Crippen LogP contribution in [0.4, 0.5) is 5.69 Å². The number of carbonyl (C=O) groups excluding carboxylic acids is 2. The highest BCUT2D eigenvalue weighted by Crippen LogP contribution is 2.43. The number of hydrogen-bond donors (Lipinski definition) is 1. The van der Waals surface area contributed by atoms with Gasteiger partial charge in [-0.3, -0.25) is 14.5 Å². The second kappa shape index (κ2) is 7.26. The van der Waals surface area contributed by atoms with Gasteiger partial charge in [-0.15, -0.1) is 0 Å². The normalized spacial score (nSPS) is 18.4. The quantitative estimate of drug-likeness (QED) is 0.369. The Morgan fingerprint density at radius 1 is 1.07 bits per heavy atom. The van der Waals surface area contributed by atoms with Crippen molar-refractivity contribution in [3.8, 4) is 0 Å². The van der Waals surface area contributed by atoms with Gasteiger partial charge in [-0.05, 0) is 43.7 Å². The summed E-state index contributed by atoms with van der Waals surface area (Å²) in [6.45, 7) is 3.75. The van der Waals surface area contributed by atoms with Crippen molar-refractivity contribution in [1.82, 2.24) is 0 Å². The van der Waals surface area contributed by atoms with E-state index in [-0.39, 0.29) is 11.3 Å². The maximum Gasteiger partial charge on any atom is 0.300 e. The molecule has 6 heteroatoms. The monoisotopic (exact) mass is 407 g/mol. The number of benzene rings is 2. The summed E-state index contributed by atoms with van der Waals surface area (Å²) >= 11 is 6.15. The molecule has 29 heavy (non-hydrogen) atoms. The molecule has 1 aliphatic heterocycles. The van der Waals surface area contributed by atoms with Crippen LogP contribution in [-0.4, -0.2) is 16.8 Å². The summed E-state index contributed by atoms with van der Waals surface area (Å²) in [6.07, 6.45) is 1.46. The Kier molecular flexibility index (Phi) is 4.76. The highest BCUT2D eigenvalue weighted by molar-refractivity contribution is 6.51. The summed E-state index contributed by atoms with van der Waals surface area (Å²) in [6, 6.07) is 14.6. The molecule has 1 aromatic heterocycles. The first-order valence-electron chi connectivity index (χ1n) is 9.06. The summed E-state index contributed by atoms with van der Waals surface area (Å²) in [7, 11) is 0. The van der Waals surface area contributed by atoms with Crippen LogP contribution in [0.5, 0.6) is 0 Å². The molecule has 4 rings (SSSR count). The number of ketones is 1. The summed E-state index contributed by atoms with van der Waals surface area (Å²) < 4.78 is 5.55. The minimum absolute atomic E-state index is 0.0202. The van der Waals surface area contributed by atoms with E-state index in [0.29, 0.717) is 22.0 Å². The third-order valence-corrected chi connectivity index (χ3v) is 5.25. The van der Waals surface area contributed by atoms with E-state index in [1.54, 1.807) is 42.5 Å². The van der Waals surface area contributed by atoms with Gasteiger partial charge in [0.25, 0.3) is 11.7 Å². The van der Waals surface area contributed by atoms with Gasteiger partial charge in [0.15, 0.2) is 0 Å². The van der Waals surface area contributed by atoms with Crippen LogP contribution in [0.2, 0.25) is 5.02 Å². The third-order valence-electron chi connectivity index (χ3n) is 5.01. The molecule has 1 N–H and O–H groups in total. The van der Waals surface area contributed by atoms with Crippen molar-refractivity contribution in [1.29, 1.82) is 0 Å². The number of rotatable bonds is 3. The lowest BCUT2D eigenvalue weighted by Gasteiger charge is -2.25. The van der Waals surface area contributed by atoms with Crippen LogP contribution in [0.1, 0.15) is 28.5 Å². The molecular weight excluding hydrogens is 390 g/mol. The average molecular weight is 408 g/mol. The Labute approximate surface area is 172 Å². The van der Waals surface area contributed by atoms with Gasteiger partial charge < -0.3 is 9.52 Å². The molecule has 0 aliphatic carbocycles. The molecule has 1 atom stereocenters. The van der Waals surface area contributed by atoms with Crippen LogP contribution in [0, 0.1) is 13.8 Å². The van der Waals surface area contributed by atoms with Crippen molar-refractivity contribution in [3.05, 3.63) is 93.9 Å². The molecule has 5 nitrogen and oxygen atoms in total. The number of aliphatic hydroxyl groups is 1. The molecule has 0 saturated carbocycles. The van der Waals surface area contributed by atoms with Crippen LogP contribution in [0.25, 0.3) is 5.76 Å². The molecule has 1 unspecified atom stereocenters. The summed E-state index contributed by atoms with van der Waals surface area (Å²) in [5, 5.41) is 11.4. The summed E-state index contributed by atoms with van der Waals surface area (Å²) in [4.78, 5) is 27.3. The topological polar surface area (TPSA) is 70.8 Å². The maximum absolute atomic E-state index is 13.0. The van der Waals surface area contributed by atoms with E-state index in [2.05, 4.69) is 0 Å². The first kappa shape index (κ1) is 19.0. The van der Waals surface area contributed by atoms with E-state index in [4.69, 9.17) is 16.0 Å². The first-order valence-corrected chi connectivity index (χ1v) is 9.44. The first-order chi connectivity index (χ1) is 13.9. The number of halogens is 1. The lowest BCUT2D eigenvalue weighted by Crippen LogP contribution is -2.30. The van der Waals surface area contributed by atoms with Gasteiger partial charge in [0.1, 0.15) is 17.6 Å². The van der Waals surface area contributed by atoms with Crippen LogP contribution in [0.15, 0.2) is 70.9 Å². The highest BCUT2D eigenvalue weighted by Gasteiger charge is 2.48. The van der Waals surface area contributed by atoms with E-state index in [1.807, 2.05) is 26.0 Å². The van der Waals surface area contributed by atoms with Crippen LogP contribution >= 0.6 is 11.6 Å². The van der Waals surface area contributed by atoms with Gasteiger partial charge in [-0.2, -0.15) is 0 Å². The molecule has 2 heterocycles. The van der Waals surface area contributed by atoms with E-state index in [9.17, 15) is 14.7 Å². The largest absolute Gasteiger partial charge is 0.507 e. The lowest BCUT2D eigenvalue weighted by molar-refractivity contribution is -0.132. The molecule has 146 valence electrons. The molecule has 2 aromatic carbocycles. The lowest BCUT2D eigenvalue weighted by atomic mass is 9.98. The van der Waals surface area contributed by atoms with Gasteiger partial charge in [-0.25, -0.2) is 0 Å². The molecule has 1 saturated heterocycles. The van der Waals surface area contributed by atoms with Gasteiger partial charge in [0.05, 0.1) is 11.8 Å². The fourth-order valence-corrected chi connectivity index (χ4v) is 3.67. The Morgan fingerprint density at radius 3 is 2.45 bits per heavy atom. The van der Waals surface area contributed by atoms with E-state index >= 15 is 0 Å². The van der Waals surface area contributed by atoms with Crippen LogP contribution in [0.3, 0.4) is 0 Å². The number of aryl methyl sites for hydroxylation is 2. The number of hydrogen-bond acceptors (Lipinski definition) is 4. The van der Waals surface area contributed by atoms with Gasteiger partial charge in [-0.1, -0.05) is 47.5 Å². The predicted molar refractivity (Wildman–Crippen MR) is 111 cm³/mol. The molecule has 0 bridgehead atoms. The molecule has 3 aromatic rings. The molecular formula is C23H18ClNO4. The molecule has 0 radical (unpaired) electrons. The predicted octanol–water partition coefficient (Wildman–Crippen LogP) is 5.18. The van der Waals surface area contributed by atoms with Gasteiger partial charge >= 0.3 is 0 Å².